The maximum absolute atomic E-state index is 11.7. The zero-order valence-corrected chi connectivity index (χ0v) is 9.77. The molecule has 2 rings (SSSR count). The number of carbonyl (C=O) groups is 3. The molecule has 6 heteroatoms. The second kappa shape index (κ2) is 4.14. The van der Waals surface area contributed by atoms with Gasteiger partial charge in [-0.25, -0.2) is 14.4 Å². The van der Waals surface area contributed by atoms with Crippen LogP contribution in [0.4, 0.5) is 0 Å². The summed E-state index contributed by atoms with van der Waals surface area (Å²) in [5, 5.41) is 9.74. The van der Waals surface area contributed by atoms with Crippen LogP contribution in [-0.4, -0.2) is 29.6 Å². The Morgan fingerprint density at radius 3 is 2.67 bits per heavy atom. The van der Waals surface area contributed by atoms with E-state index in [0.29, 0.717) is 0 Å². The molecule has 1 heterocycles. The Hall–Kier alpha value is -2.37. The van der Waals surface area contributed by atoms with Crippen molar-refractivity contribution < 1.29 is 29.0 Å². The molecule has 0 fully saturated rings. The third-order valence-electron chi connectivity index (χ3n) is 2.65. The number of benzene rings is 1. The fourth-order valence-corrected chi connectivity index (χ4v) is 1.88. The quantitative estimate of drug-likeness (QED) is 0.626. The van der Waals surface area contributed by atoms with Crippen molar-refractivity contribution >= 4 is 17.9 Å². The van der Waals surface area contributed by atoms with Crippen LogP contribution >= 0.6 is 0 Å². The number of hydrogen-bond donors (Lipinski definition) is 1. The van der Waals surface area contributed by atoms with E-state index in [-0.39, 0.29) is 28.9 Å². The highest BCUT2D eigenvalue weighted by atomic mass is 16.6. The Labute approximate surface area is 102 Å². The van der Waals surface area contributed by atoms with Crippen molar-refractivity contribution in [3.63, 3.8) is 0 Å². The molecule has 94 valence electrons. The highest BCUT2D eigenvalue weighted by molar-refractivity contribution is 6.17. The number of hydrogen-bond acceptors (Lipinski definition) is 6. The van der Waals surface area contributed by atoms with Gasteiger partial charge in [-0.15, -0.1) is 0 Å². The van der Waals surface area contributed by atoms with Gasteiger partial charge in [0.05, 0.1) is 17.7 Å². The first-order valence-electron chi connectivity index (χ1n) is 5.27. The first kappa shape index (κ1) is 12.1. The topological polar surface area (TPSA) is 89.9 Å². The Morgan fingerprint density at radius 2 is 2.06 bits per heavy atom. The molecule has 18 heavy (non-hydrogen) atoms. The maximum Gasteiger partial charge on any atom is 0.347 e. The van der Waals surface area contributed by atoms with Crippen LogP contribution in [0.3, 0.4) is 0 Å². The molecule has 0 spiro atoms. The first-order chi connectivity index (χ1) is 8.47. The summed E-state index contributed by atoms with van der Waals surface area (Å²) in [5.74, 6) is -2.80. The van der Waals surface area contributed by atoms with Gasteiger partial charge in [-0.05, 0) is 25.5 Å². The van der Waals surface area contributed by atoms with Gasteiger partial charge in [0.25, 0.3) is 0 Å². The van der Waals surface area contributed by atoms with Crippen LogP contribution in [-0.2, 0) is 9.47 Å². The van der Waals surface area contributed by atoms with Crippen LogP contribution in [0.2, 0.25) is 0 Å². The Balaban J connectivity index is 2.65. The van der Waals surface area contributed by atoms with Crippen LogP contribution in [0.25, 0.3) is 0 Å². The normalized spacial score (nSPS) is 13.2. The molecule has 0 bridgehead atoms. The van der Waals surface area contributed by atoms with Crippen molar-refractivity contribution in [3.8, 4) is 5.75 Å². The number of fused-ring (bicyclic) bond motifs is 1. The minimum Gasteiger partial charge on any atom is -0.507 e. The number of cyclic esters (lactones) is 2. The van der Waals surface area contributed by atoms with E-state index in [1.54, 1.807) is 6.92 Å². The number of aromatic hydroxyl groups is 1. The minimum absolute atomic E-state index is 0.000790. The molecule has 1 aliphatic heterocycles. The van der Waals surface area contributed by atoms with Crippen molar-refractivity contribution in [2.24, 2.45) is 0 Å². The average Bonchev–Trinajstić information content (AvgIpc) is 2.54. The smallest absolute Gasteiger partial charge is 0.347 e. The largest absolute Gasteiger partial charge is 0.507 e. The zero-order valence-electron chi connectivity index (χ0n) is 9.77. The molecule has 0 amide bonds. The molecule has 1 aliphatic rings. The lowest BCUT2D eigenvalue weighted by atomic mass is 9.97. The molecule has 1 aromatic rings. The van der Waals surface area contributed by atoms with Gasteiger partial charge in [0.1, 0.15) is 11.3 Å². The lowest BCUT2D eigenvalue weighted by Crippen LogP contribution is -2.10. The van der Waals surface area contributed by atoms with Crippen LogP contribution in [0, 0.1) is 6.92 Å². The number of esters is 3. The third-order valence-corrected chi connectivity index (χ3v) is 2.65. The minimum atomic E-state index is -0.830. The van der Waals surface area contributed by atoms with E-state index in [1.165, 1.54) is 6.92 Å². The van der Waals surface area contributed by atoms with Crippen molar-refractivity contribution in [3.05, 3.63) is 28.3 Å². The van der Waals surface area contributed by atoms with E-state index in [1.807, 2.05) is 0 Å². The fourth-order valence-electron chi connectivity index (χ4n) is 1.88. The third kappa shape index (κ3) is 1.62. The summed E-state index contributed by atoms with van der Waals surface area (Å²) >= 11 is 0. The summed E-state index contributed by atoms with van der Waals surface area (Å²) in [4.78, 5) is 34.4. The second-order valence-corrected chi connectivity index (χ2v) is 3.72. The number of ether oxygens (including phenoxy) is 2. The molecule has 0 saturated carbocycles. The van der Waals surface area contributed by atoms with E-state index in [4.69, 9.17) is 4.74 Å². The van der Waals surface area contributed by atoms with Crippen LogP contribution in [0.5, 0.6) is 5.75 Å². The number of carbonyl (C=O) groups excluding carboxylic acids is 3. The van der Waals surface area contributed by atoms with Gasteiger partial charge in [-0.3, -0.25) is 0 Å². The molecule has 6 nitrogen and oxygen atoms in total. The average molecular weight is 250 g/mol. The molecule has 0 atom stereocenters. The van der Waals surface area contributed by atoms with Crippen LogP contribution in [0.15, 0.2) is 6.07 Å². The van der Waals surface area contributed by atoms with Crippen molar-refractivity contribution in [1.29, 1.82) is 0 Å². The predicted octanol–water partition coefficient (Wildman–Crippen LogP) is 1.19. The monoisotopic (exact) mass is 250 g/mol. The van der Waals surface area contributed by atoms with E-state index in [2.05, 4.69) is 4.74 Å². The highest BCUT2D eigenvalue weighted by Crippen LogP contribution is 2.32. The van der Waals surface area contributed by atoms with Crippen molar-refractivity contribution in [2.45, 2.75) is 13.8 Å². The van der Waals surface area contributed by atoms with Crippen LogP contribution in [0.1, 0.15) is 43.6 Å². The van der Waals surface area contributed by atoms with E-state index in [9.17, 15) is 19.5 Å². The van der Waals surface area contributed by atoms with E-state index < -0.39 is 23.7 Å². The molecule has 0 aliphatic carbocycles. The van der Waals surface area contributed by atoms with Crippen molar-refractivity contribution in [1.82, 2.24) is 0 Å². The zero-order chi connectivity index (χ0) is 13.4. The van der Waals surface area contributed by atoms with Gasteiger partial charge in [0.2, 0.25) is 0 Å². The SMILES string of the molecule is CCOC(=O)c1c(O)cc2c(c1C)C(=O)OC2=O. The lowest BCUT2D eigenvalue weighted by Gasteiger charge is -2.09. The molecule has 0 saturated heterocycles. The van der Waals surface area contributed by atoms with E-state index >= 15 is 0 Å². The Kier molecular flexibility index (Phi) is 2.78. The van der Waals surface area contributed by atoms with Gasteiger partial charge in [0.15, 0.2) is 0 Å². The highest BCUT2D eigenvalue weighted by Gasteiger charge is 2.35. The van der Waals surface area contributed by atoms with Gasteiger partial charge in [-0.1, -0.05) is 0 Å². The second-order valence-electron chi connectivity index (χ2n) is 3.72. The maximum atomic E-state index is 11.7. The summed E-state index contributed by atoms with van der Waals surface area (Å²) in [6.45, 7) is 3.21. The molecular weight excluding hydrogens is 240 g/mol. The summed E-state index contributed by atoms with van der Waals surface area (Å²) in [7, 11) is 0. The summed E-state index contributed by atoms with van der Waals surface area (Å²) in [6.07, 6.45) is 0. The molecule has 0 radical (unpaired) electrons. The number of rotatable bonds is 2. The standard InChI is InChI=1S/C12H10O6/c1-3-17-11(15)9-5(2)8-6(4-7(9)13)10(14)18-12(8)16/h4,13H,3H2,1-2H3. The molecular formula is C12H10O6. The van der Waals surface area contributed by atoms with Gasteiger partial charge < -0.3 is 14.6 Å². The molecule has 0 aromatic heterocycles. The molecule has 0 unspecified atom stereocenters. The van der Waals surface area contributed by atoms with Gasteiger partial charge in [0, 0.05) is 0 Å². The fraction of sp³-hybridized carbons (Fsp3) is 0.250. The van der Waals surface area contributed by atoms with Crippen LogP contribution < -0.4 is 0 Å². The van der Waals surface area contributed by atoms with Gasteiger partial charge >= 0.3 is 17.9 Å². The molecule has 1 N–H and O–H groups in total. The summed E-state index contributed by atoms with van der Waals surface area (Å²) < 4.78 is 9.20. The Bertz CT molecular complexity index is 572. The first-order valence-corrected chi connectivity index (χ1v) is 5.27. The number of phenols is 1. The van der Waals surface area contributed by atoms with E-state index in [0.717, 1.165) is 6.07 Å². The van der Waals surface area contributed by atoms with Gasteiger partial charge in [-0.2, -0.15) is 0 Å². The summed E-state index contributed by atoms with van der Waals surface area (Å²) in [5.41, 5.74) is 0.0189. The predicted molar refractivity (Wildman–Crippen MR) is 58.5 cm³/mol. The lowest BCUT2D eigenvalue weighted by molar-refractivity contribution is 0.0442. The number of phenolic OH excluding ortho intramolecular Hbond substituents is 1. The Morgan fingerprint density at radius 1 is 1.39 bits per heavy atom. The van der Waals surface area contributed by atoms with Crippen molar-refractivity contribution in [2.75, 3.05) is 6.61 Å². The molecule has 1 aromatic carbocycles. The summed E-state index contributed by atoms with van der Waals surface area (Å²) in [6, 6.07) is 1.04.